The molecule has 1 saturated carbocycles. The van der Waals surface area contributed by atoms with Crippen LogP contribution in [0.2, 0.25) is 0 Å². The predicted molar refractivity (Wildman–Crippen MR) is 73.1 cm³/mol. The minimum absolute atomic E-state index is 0. The molecule has 7 heteroatoms. The molecule has 1 fully saturated rings. The summed E-state index contributed by atoms with van der Waals surface area (Å²) in [5.74, 6) is 1.15. The minimum atomic E-state index is -0.431. The van der Waals surface area contributed by atoms with Crippen LogP contribution in [-0.2, 0) is 0 Å². The maximum atomic E-state index is 11.1. The van der Waals surface area contributed by atoms with Crippen molar-refractivity contribution in [1.29, 1.82) is 0 Å². The minimum Gasteiger partial charge on any atom is -0.493 e. The van der Waals surface area contributed by atoms with Crippen LogP contribution in [-0.4, -0.2) is 19.1 Å². The van der Waals surface area contributed by atoms with Gasteiger partial charge in [-0.15, -0.1) is 12.4 Å². The highest BCUT2D eigenvalue weighted by Gasteiger charge is 2.34. The second-order valence-corrected chi connectivity index (χ2v) is 4.39. The van der Waals surface area contributed by atoms with Gasteiger partial charge in [-0.1, -0.05) is 0 Å². The molecule has 0 heterocycles. The van der Waals surface area contributed by atoms with Crippen molar-refractivity contribution in [2.24, 2.45) is 11.7 Å². The summed E-state index contributed by atoms with van der Waals surface area (Å²) >= 11 is 0. The van der Waals surface area contributed by atoms with Gasteiger partial charge in [-0.3, -0.25) is 10.1 Å². The fraction of sp³-hybridized carbons (Fsp3) is 0.500. The summed E-state index contributed by atoms with van der Waals surface area (Å²) in [5.41, 5.74) is 6.56. The van der Waals surface area contributed by atoms with E-state index >= 15 is 0 Å². The number of nitrogens with two attached hydrogens (primary N) is 1. The first-order valence-electron chi connectivity index (χ1n) is 5.74. The maximum Gasteiger partial charge on any atom is 0.278 e. The number of nitrogens with zero attached hydrogens (tertiary/aromatic N) is 1. The van der Waals surface area contributed by atoms with E-state index in [1.54, 1.807) is 6.07 Å². The lowest BCUT2D eigenvalue weighted by atomic mass is 10.0. The molecule has 6 nitrogen and oxygen atoms in total. The van der Waals surface area contributed by atoms with Gasteiger partial charge in [0, 0.05) is 6.04 Å². The second-order valence-electron chi connectivity index (χ2n) is 4.39. The van der Waals surface area contributed by atoms with E-state index in [0.29, 0.717) is 23.0 Å². The molecule has 1 aliphatic carbocycles. The van der Waals surface area contributed by atoms with Crippen LogP contribution >= 0.6 is 12.4 Å². The number of halogens is 1. The molecule has 0 aromatic heterocycles. The summed E-state index contributed by atoms with van der Waals surface area (Å²) in [6.07, 6.45) is 2.04. The van der Waals surface area contributed by atoms with Crippen molar-refractivity contribution in [3.63, 3.8) is 0 Å². The third kappa shape index (κ3) is 3.08. The van der Waals surface area contributed by atoms with Gasteiger partial charge in [-0.05, 0) is 24.8 Å². The highest BCUT2D eigenvalue weighted by atomic mass is 35.5. The number of hydrogen-bond donors (Lipinski definition) is 1. The molecule has 1 aromatic carbocycles. The Bertz CT molecular complexity index is 477. The topological polar surface area (TPSA) is 87.6 Å². The van der Waals surface area contributed by atoms with E-state index in [-0.39, 0.29) is 24.1 Å². The summed E-state index contributed by atoms with van der Waals surface area (Å²) < 4.78 is 10.2. The van der Waals surface area contributed by atoms with Gasteiger partial charge in [0.15, 0.2) is 11.5 Å². The van der Waals surface area contributed by atoms with Gasteiger partial charge in [0.05, 0.1) is 30.8 Å². The van der Waals surface area contributed by atoms with Crippen LogP contribution in [0, 0.1) is 16.0 Å². The predicted octanol–water partition coefficient (Wildman–Crippen LogP) is 2.44. The van der Waals surface area contributed by atoms with Crippen LogP contribution in [0.1, 0.15) is 24.4 Å². The molecule has 0 radical (unpaired) electrons. The number of benzene rings is 1. The third-order valence-electron chi connectivity index (χ3n) is 3.22. The molecule has 0 saturated heterocycles. The molecule has 2 N–H and O–H groups in total. The summed E-state index contributed by atoms with van der Waals surface area (Å²) in [5, 5.41) is 11.1. The lowest BCUT2D eigenvalue weighted by Gasteiger charge is -2.14. The van der Waals surface area contributed by atoms with Crippen molar-refractivity contribution in [2.45, 2.75) is 18.9 Å². The van der Waals surface area contributed by atoms with Gasteiger partial charge >= 0.3 is 0 Å². The molecule has 0 spiro atoms. The molecule has 0 unspecified atom stereocenters. The normalized spacial score (nSPS) is 15.3. The van der Waals surface area contributed by atoms with Crippen LogP contribution in [0.15, 0.2) is 12.1 Å². The number of nitro benzene ring substituents is 1. The van der Waals surface area contributed by atoms with Crippen molar-refractivity contribution >= 4 is 18.1 Å². The fourth-order valence-electron chi connectivity index (χ4n) is 2.02. The lowest BCUT2D eigenvalue weighted by molar-refractivity contribution is -0.385. The van der Waals surface area contributed by atoms with Crippen LogP contribution in [0.3, 0.4) is 0 Å². The first-order chi connectivity index (χ1) is 8.58. The molecule has 19 heavy (non-hydrogen) atoms. The van der Waals surface area contributed by atoms with E-state index in [0.717, 1.165) is 12.8 Å². The van der Waals surface area contributed by atoms with Crippen LogP contribution in [0.25, 0.3) is 0 Å². The van der Waals surface area contributed by atoms with Gasteiger partial charge < -0.3 is 15.2 Å². The largest absolute Gasteiger partial charge is 0.493 e. The van der Waals surface area contributed by atoms with Crippen molar-refractivity contribution in [1.82, 2.24) is 0 Å². The van der Waals surface area contributed by atoms with Crippen molar-refractivity contribution in [3.8, 4) is 11.5 Å². The maximum absolute atomic E-state index is 11.1. The highest BCUT2D eigenvalue weighted by molar-refractivity contribution is 5.85. The Hall–Kier alpha value is -1.53. The highest BCUT2D eigenvalue weighted by Crippen LogP contribution is 2.45. The monoisotopic (exact) mass is 288 g/mol. The van der Waals surface area contributed by atoms with Gasteiger partial charge in [0.25, 0.3) is 5.69 Å². The molecular formula is C12H17ClN2O4. The van der Waals surface area contributed by atoms with Crippen molar-refractivity contribution in [2.75, 3.05) is 14.2 Å². The number of rotatable bonds is 5. The lowest BCUT2D eigenvalue weighted by Crippen LogP contribution is -2.14. The van der Waals surface area contributed by atoms with E-state index in [9.17, 15) is 10.1 Å². The molecule has 106 valence electrons. The fourth-order valence-corrected chi connectivity index (χ4v) is 2.02. The molecule has 0 bridgehead atoms. The molecule has 1 atom stereocenters. The molecular weight excluding hydrogens is 272 g/mol. The quantitative estimate of drug-likeness (QED) is 0.664. The third-order valence-corrected chi connectivity index (χ3v) is 3.22. The Kier molecular flexibility index (Phi) is 4.97. The molecule has 1 aliphatic rings. The first kappa shape index (κ1) is 15.5. The Labute approximate surface area is 117 Å². The summed E-state index contributed by atoms with van der Waals surface area (Å²) in [6, 6.07) is 2.67. The molecule has 1 aromatic rings. The number of methoxy groups -OCH3 is 2. The number of ether oxygens (including phenoxy) is 2. The van der Waals surface area contributed by atoms with Gasteiger partial charge in [-0.25, -0.2) is 0 Å². The number of hydrogen-bond acceptors (Lipinski definition) is 5. The summed E-state index contributed by atoms with van der Waals surface area (Å²) in [4.78, 5) is 10.7. The Balaban J connectivity index is 0.00000180. The summed E-state index contributed by atoms with van der Waals surface area (Å²) in [6.45, 7) is 0. The Morgan fingerprint density at radius 1 is 1.32 bits per heavy atom. The van der Waals surface area contributed by atoms with Crippen molar-refractivity contribution < 1.29 is 14.4 Å². The van der Waals surface area contributed by atoms with Crippen LogP contribution in [0.4, 0.5) is 5.69 Å². The SMILES string of the molecule is COc1cc([C@H](N)C2CC2)c([N+](=O)[O-])cc1OC.Cl. The Morgan fingerprint density at radius 2 is 1.84 bits per heavy atom. The van der Waals surface area contributed by atoms with Crippen LogP contribution < -0.4 is 15.2 Å². The second kappa shape index (κ2) is 6.08. The standard InChI is InChI=1S/C12H16N2O4.ClH/c1-17-10-5-8(12(13)7-3-4-7)9(14(15)16)6-11(10)18-2;/h5-7,12H,3-4,13H2,1-2H3;1H/t12-;/m1./s1. The average Bonchev–Trinajstić information content (AvgIpc) is 3.20. The molecule has 2 rings (SSSR count). The van der Waals surface area contributed by atoms with E-state index in [1.807, 2.05) is 0 Å². The van der Waals surface area contributed by atoms with Gasteiger partial charge in [0.2, 0.25) is 0 Å². The van der Waals surface area contributed by atoms with E-state index < -0.39 is 4.92 Å². The number of nitro groups is 1. The molecule has 0 amide bonds. The van der Waals surface area contributed by atoms with E-state index in [2.05, 4.69) is 0 Å². The Morgan fingerprint density at radius 3 is 2.26 bits per heavy atom. The first-order valence-corrected chi connectivity index (χ1v) is 5.74. The van der Waals surface area contributed by atoms with Gasteiger partial charge in [0.1, 0.15) is 0 Å². The molecule has 0 aliphatic heterocycles. The smallest absolute Gasteiger partial charge is 0.278 e. The summed E-state index contributed by atoms with van der Waals surface area (Å²) in [7, 11) is 2.94. The van der Waals surface area contributed by atoms with E-state index in [1.165, 1.54) is 20.3 Å². The average molecular weight is 289 g/mol. The van der Waals surface area contributed by atoms with E-state index in [4.69, 9.17) is 15.2 Å². The van der Waals surface area contributed by atoms with Gasteiger partial charge in [-0.2, -0.15) is 0 Å². The zero-order chi connectivity index (χ0) is 13.3. The zero-order valence-corrected chi connectivity index (χ0v) is 11.6. The van der Waals surface area contributed by atoms with Crippen molar-refractivity contribution in [3.05, 3.63) is 27.8 Å². The zero-order valence-electron chi connectivity index (χ0n) is 10.8. The van der Waals surface area contributed by atoms with Crippen LogP contribution in [0.5, 0.6) is 11.5 Å².